The summed E-state index contributed by atoms with van der Waals surface area (Å²) in [6.07, 6.45) is 0. The van der Waals surface area contributed by atoms with E-state index in [1.54, 1.807) is 20.8 Å². The summed E-state index contributed by atoms with van der Waals surface area (Å²) in [7, 11) is 0. The number of hydrogen-bond donors (Lipinski definition) is 1. The first-order chi connectivity index (χ1) is 9.54. The van der Waals surface area contributed by atoms with Crippen molar-refractivity contribution >= 4 is 33.5 Å². The first-order valence-corrected chi connectivity index (χ1v) is 6.81. The Bertz CT molecular complexity index is 595. The Morgan fingerprint density at radius 3 is 2.38 bits per heavy atom. The van der Waals surface area contributed by atoms with Crippen LogP contribution in [0, 0.1) is 10.1 Å². The van der Waals surface area contributed by atoms with Crippen molar-refractivity contribution < 1.29 is 19.6 Å². The average Bonchev–Trinajstić information content (AvgIpc) is 2.34. The van der Waals surface area contributed by atoms with Crippen molar-refractivity contribution in [2.75, 3.05) is 6.54 Å². The molecule has 0 aliphatic carbocycles. The second-order valence-corrected chi connectivity index (χ2v) is 6.23. The van der Waals surface area contributed by atoms with Crippen LogP contribution in [0.4, 0.5) is 5.69 Å². The summed E-state index contributed by atoms with van der Waals surface area (Å²) in [6, 6.07) is 3.79. The largest absolute Gasteiger partial charge is 0.480 e. The van der Waals surface area contributed by atoms with Crippen molar-refractivity contribution in [2.45, 2.75) is 26.3 Å². The highest BCUT2D eigenvalue weighted by Crippen LogP contribution is 2.26. The molecule has 1 aromatic carbocycles. The van der Waals surface area contributed by atoms with Crippen LogP contribution in [0.1, 0.15) is 31.1 Å². The maximum absolute atomic E-state index is 12.5. The van der Waals surface area contributed by atoms with Crippen LogP contribution in [0.25, 0.3) is 0 Å². The highest BCUT2D eigenvalue weighted by Gasteiger charge is 2.31. The number of nitro groups is 1. The molecule has 21 heavy (non-hydrogen) atoms. The molecule has 1 N–H and O–H groups in total. The Balaban J connectivity index is 3.29. The quantitative estimate of drug-likeness (QED) is 0.658. The van der Waals surface area contributed by atoms with Gasteiger partial charge in [0.25, 0.3) is 11.6 Å². The lowest BCUT2D eigenvalue weighted by Crippen LogP contribution is -2.48. The Hall–Kier alpha value is -1.96. The number of benzene rings is 1. The summed E-state index contributed by atoms with van der Waals surface area (Å²) in [4.78, 5) is 34.8. The zero-order valence-electron chi connectivity index (χ0n) is 11.8. The van der Waals surface area contributed by atoms with E-state index in [1.807, 2.05) is 0 Å². The molecule has 0 radical (unpaired) electrons. The van der Waals surface area contributed by atoms with Gasteiger partial charge >= 0.3 is 5.97 Å². The van der Waals surface area contributed by atoms with E-state index < -0.39 is 28.9 Å². The van der Waals surface area contributed by atoms with E-state index in [2.05, 4.69) is 15.9 Å². The lowest BCUT2D eigenvalue weighted by molar-refractivity contribution is -0.384. The zero-order valence-corrected chi connectivity index (χ0v) is 13.4. The Kier molecular flexibility index (Phi) is 5.06. The van der Waals surface area contributed by atoms with Gasteiger partial charge in [-0.3, -0.25) is 19.7 Å². The molecule has 0 spiro atoms. The molecule has 114 valence electrons. The summed E-state index contributed by atoms with van der Waals surface area (Å²) < 4.78 is 0.373. The van der Waals surface area contributed by atoms with E-state index >= 15 is 0 Å². The van der Waals surface area contributed by atoms with Gasteiger partial charge in [0.2, 0.25) is 0 Å². The van der Waals surface area contributed by atoms with Gasteiger partial charge in [-0.25, -0.2) is 0 Å². The van der Waals surface area contributed by atoms with E-state index in [1.165, 1.54) is 12.1 Å². The van der Waals surface area contributed by atoms with Gasteiger partial charge in [0.1, 0.15) is 6.54 Å². The van der Waals surface area contributed by atoms with Crippen LogP contribution >= 0.6 is 15.9 Å². The number of aliphatic carboxylic acids is 1. The minimum atomic E-state index is -1.15. The maximum atomic E-state index is 12.5. The fraction of sp³-hybridized carbons (Fsp3) is 0.385. The van der Waals surface area contributed by atoms with Crippen LogP contribution in [-0.2, 0) is 4.79 Å². The average molecular weight is 359 g/mol. The van der Waals surface area contributed by atoms with Gasteiger partial charge in [0, 0.05) is 22.1 Å². The van der Waals surface area contributed by atoms with Gasteiger partial charge in [-0.1, -0.05) is 0 Å². The molecule has 0 aromatic heterocycles. The number of carbonyl (C=O) groups is 2. The number of amides is 1. The third-order valence-corrected chi connectivity index (χ3v) is 3.43. The zero-order chi connectivity index (χ0) is 16.4. The summed E-state index contributed by atoms with van der Waals surface area (Å²) in [5.41, 5.74) is -0.911. The van der Waals surface area contributed by atoms with Crippen LogP contribution < -0.4 is 0 Å². The first kappa shape index (κ1) is 17.1. The number of nitro benzene ring substituents is 1. The molecule has 1 rings (SSSR count). The molecular weight excluding hydrogens is 344 g/mol. The van der Waals surface area contributed by atoms with Crippen LogP contribution in [0.3, 0.4) is 0 Å². The number of halogens is 1. The second kappa shape index (κ2) is 6.21. The summed E-state index contributed by atoms with van der Waals surface area (Å²) in [5.74, 6) is -1.74. The monoisotopic (exact) mass is 358 g/mol. The normalized spacial score (nSPS) is 11.0. The van der Waals surface area contributed by atoms with Crippen molar-refractivity contribution in [1.82, 2.24) is 4.90 Å². The topological polar surface area (TPSA) is 101 Å². The predicted molar refractivity (Wildman–Crippen MR) is 79.2 cm³/mol. The van der Waals surface area contributed by atoms with Crippen molar-refractivity contribution in [3.8, 4) is 0 Å². The van der Waals surface area contributed by atoms with Gasteiger partial charge in [-0.15, -0.1) is 0 Å². The molecule has 0 heterocycles. The van der Waals surface area contributed by atoms with E-state index in [0.29, 0.717) is 4.47 Å². The summed E-state index contributed by atoms with van der Waals surface area (Å²) in [6.45, 7) is 4.59. The van der Waals surface area contributed by atoms with E-state index in [9.17, 15) is 19.7 Å². The van der Waals surface area contributed by atoms with E-state index in [4.69, 9.17) is 5.11 Å². The molecule has 0 saturated heterocycles. The Labute approximate surface area is 129 Å². The maximum Gasteiger partial charge on any atom is 0.323 e. The smallest absolute Gasteiger partial charge is 0.323 e. The van der Waals surface area contributed by atoms with Crippen molar-refractivity contribution in [2.24, 2.45) is 0 Å². The van der Waals surface area contributed by atoms with Crippen LogP contribution in [0.5, 0.6) is 0 Å². The van der Waals surface area contributed by atoms with Crippen LogP contribution in [-0.4, -0.2) is 38.9 Å². The lowest BCUT2D eigenvalue weighted by atomic mass is 10.0. The molecule has 0 atom stereocenters. The van der Waals surface area contributed by atoms with E-state index in [0.717, 1.165) is 11.0 Å². The molecular formula is C13H15BrN2O5. The minimum Gasteiger partial charge on any atom is -0.480 e. The number of carbonyl (C=O) groups excluding carboxylic acids is 1. The number of rotatable bonds is 4. The van der Waals surface area contributed by atoms with E-state index in [-0.39, 0.29) is 11.3 Å². The lowest BCUT2D eigenvalue weighted by Gasteiger charge is -2.34. The SMILES string of the molecule is CC(C)(C)N(CC(=O)O)C(=O)c1cc([N+](=O)[O-])ccc1Br. The molecule has 0 saturated carbocycles. The number of nitrogens with zero attached hydrogens (tertiary/aromatic N) is 2. The Morgan fingerprint density at radius 2 is 1.95 bits per heavy atom. The molecule has 0 aliphatic heterocycles. The number of carboxylic acids is 1. The van der Waals surface area contributed by atoms with Gasteiger partial charge in [-0.05, 0) is 42.8 Å². The Morgan fingerprint density at radius 1 is 1.38 bits per heavy atom. The fourth-order valence-electron chi connectivity index (χ4n) is 1.68. The molecule has 1 amide bonds. The van der Waals surface area contributed by atoms with Crippen molar-refractivity contribution in [3.63, 3.8) is 0 Å². The van der Waals surface area contributed by atoms with Gasteiger partial charge < -0.3 is 10.0 Å². The molecule has 0 aliphatic rings. The number of non-ortho nitro benzene ring substituents is 1. The second-order valence-electron chi connectivity index (χ2n) is 5.38. The molecule has 0 bridgehead atoms. The van der Waals surface area contributed by atoms with Gasteiger partial charge in [0.15, 0.2) is 0 Å². The van der Waals surface area contributed by atoms with Crippen molar-refractivity contribution in [1.29, 1.82) is 0 Å². The summed E-state index contributed by atoms with van der Waals surface area (Å²) >= 11 is 3.16. The summed E-state index contributed by atoms with van der Waals surface area (Å²) in [5, 5.41) is 19.7. The fourth-order valence-corrected chi connectivity index (χ4v) is 2.10. The molecule has 7 nitrogen and oxygen atoms in total. The van der Waals surface area contributed by atoms with Gasteiger partial charge in [-0.2, -0.15) is 0 Å². The highest BCUT2D eigenvalue weighted by molar-refractivity contribution is 9.10. The number of carboxylic acid groups (broad SMARTS) is 1. The molecule has 8 heteroatoms. The first-order valence-electron chi connectivity index (χ1n) is 6.01. The third-order valence-electron chi connectivity index (χ3n) is 2.74. The standard InChI is InChI=1S/C13H15BrN2O5/c1-13(2,3)15(7-11(17)18)12(19)9-6-8(16(20)21)4-5-10(9)14/h4-6H,7H2,1-3H3,(H,17,18). The molecule has 1 aromatic rings. The molecule has 0 fully saturated rings. The van der Waals surface area contributed by atoms with Gasteiger partial charge in [0.05, 0.1) is 10.5 Å². The van der Waals surface area contributed by atoms with Crippen LogP contribution in [0.15, 0.2) is 22.7 Å². The predicted octanol–water partition coefficient (Wildman–Crippen LogP) is 2.68. The third kappa shape index (κ3) is 4.25. The van der Waals surface area contributed by atoms with Crippen molar-refractivity contribution in [3.05, 3.63) is 38.3 Å². The highest BCUT2D eigenvalue weighted by atomic mass is 79.9. The number of hydrogen-bond acceptors (Lipinski definition) is 4. The molecule has 0 unspecified atom stereocenters. The van der Waals surface area contributed by atoms with Crippen LogP contribution in [0.2, 0.25) is 0 Å². The minimum absolute atomic E-state index is 0.0559.